The molecule has 0 fully saturated rings. The van der Waals surface area contributed by atoms with Gasteiger partial charge in [0, 0.05) is 38.6 Å². The fourth-order valence-electron chi connectivity index (χ4n) is 4.22. The first-order valence-electron chi connectivity index (χ1n) is 13.2. The number of nitrogens with zero attached hydrogens (tertiary/aromatic N) is 3. The summed E-state index contributed by atoms with van der Waals surface area (Å²) < 4.78 is 12.7. The van der Waals surface area contributed by atoms with Crippen molar-refractivity contribution >= 4 is 11.8 Å². The number of hydrogen-bond donors (Lipinski definition) is 0. The fourth-order valence-corrected chi connectivity index (χ4v) is 4.22. The molecule has 0 spiro atoms. The molecule has 3 aromatic rings. The van der Waals surface area contributed by atoms with Crippen molar-refractivity contribution in [2.45, 2.75) is 39.8 Å². The number of benzene rings is 2. The number of rotatable bonds is 15. The Balaban J connectivity index is 1.72. The zero-order chi connectivity index (χ0) is 27.3. The summed E-state index contributed by atoms with van der Waals surface area (Å²) in [7, 11) is 3.25. The maximum atomic E-state index is 13.6. The molecule has 0 saturated carbocycles. The highest BCUT2D eigenvalue weighted by atomic mass is 16.5. The summed E-state index contributed by atoms with van der Waals surface area (Å²) in [5, 5.41) is 0. The van der Waals surface area contributed by atoms with E-state index >= 15 is 0 Å². The third-order valence-electron chi connectivity index (χ3n) is 6.56. The molecule has 3 rings (SSSR count). The van der Waals surface area contributed by atoms with E-state index in [-0.39, 0.29) is 24.8 Å². The predicted molar refractivity (Wildman–Crippen MR) is 150 cm³/mol. The number of aromatic nitrogens is 1. The number of hydrogen-bond acceptors (Lipinski definition) is 4. The average molecular weight is 520 g/mol. The molecular formula is C31H41N3O4. The van der Waals surface area contributed by atoms with E-state index in [2.05, 4.69) is 30.5 Å². The van der Waals surface area contributed by atoms with Crippen molar-refractivity contribution in [3.63, 3.8) is 0 Å². The number of carbonyl (C=O) groups excluding carboxylic acids is 2. The van der Waals surface area contributed by atoms with Crippen LogP contribution in [-0.2, 0) is 33.8 Å². The lowest BCUT2D eigenvalue weighted by molar-refractivity contribution is -0.141. The van der Waals surface area contributed by atoms with Gasteiger partial charge in [0.15, 0.2) is 0 Å². The van der Waals surface area contributed by atoms with Crippen molar-refractivity contribution in [3.05, 3.63) is 89.7 Å². The second kappa shape index (κ2) is 15.0. The third kappa shape index (κ3) is 9.06. The van der Waals surface area contributed by atoms with Crippen LogP contribution in [0.25, 0.3) is 0 Å². The van der Waals surface area contributed by atoms with Crippen LogP contribution >= 0.6 is 0 Å². The molecule has 0 atom stereocenters. The molecule has 0 bridgehead atoms. The second-order valence-corrected chi connectivity index (χ2v) is 9.94. The van der Waals surface area contributed by atoms with Crippen molar-refractivity contribution < 1.29 is 19.1 Å². The van der Waals surface area contributed by atoms with Gasteiger partial charge < -0.3 is 23.8 Å². The van der Waals surface area contributed by atoms with Gasteiger partial charge in [0.2, 0.25) is 11.8 Å². The first-order chi connectivity index (χ1) is 18.4. The number of amides is 2. The monoisotopic (exact) mass is 519 g/mol. The van der Waals surface area contributed by atoms with Crippen molar-refractivity contribution in [2.75, 3.05) is 40.5 Å². The topological polar surface area (TPSA) is 64.0 Å². The van der Waals surface area contributed by atoms with Gasteiger partial charge in [-0.3, -0.25) is 9.59 Å². The first kappa shape index (κ1) is 29.0. The fraction of sp³-hybridized carbons (Fsp3) is 0.419. The Bertz CT molecular complexity index is 1130. The van der Waals surface area contributed by atoms with E-state index < -0.39 is 0 Å². The van der Waals surface area contributed by atoms with E-state index in [0.717, 1.165) is 30.0 Å². The SMILES string of the molecule is COCCN(Cc1cccn1Cc1ccccc1)C(=O)CN(CCC(C)C)C(=O)Cc1ccc(OC)cc1. The molecule has 0 aliphatic heterocycles. The molecule has 38 heavy (non-hydrogen) atoms. The lowest BCUT2D eigenvalue weighted by Crippen LogP contribution is -2.45. The van der Waals surface area contributed by atoms with Crippen molar-refractivity contribution in [3.8, 4) is 5.75 Å². The summed E-state index contributed by atoms with van der Waals surface area (Å²) in [5.41, 5.74) is 3.13. The third-order valence-corrected chi connectivity index (χ3v) is 6.56. The van der Waals surface area contributed by atoms with Crippen LogP contribution in [0.5, 0.6) is 5.75 Å². The molecule has 0 radical (unpaired) electrons. The van der Waals surface area contributed by atoms with Gasteiger partial charge in [-0.15, -0.1) is 0 Å². The van der Waals surface area contributed by atoms with Gasteiger partial charge in [-0.2, -0.15) is 0 Å². The van der Waals surface area contributed by atoms with Crippen molar-refractivity contribution in [2.24, 2.45) is 5.92 Å². The van der Waals surface area contributed by atoms with E-state index in [1.165, 1.54) is 5.56 Å². The average Bonchev–Trinajstić information content (AvgIpc) is 3.35. The first-order valence-corrected chi connectivity index (χ1v) is 13.2. The van der Waals surface area contributed by atoms with Gasteiger partial charge in [0.25, 0.3) is 0 Å². The highest BCUT2D eigenvalue weighted by Gasteiger charge is 2.23. The van der Waals surface area contributed by atoms with Gasteiger partial charge in [0.1, 0.15) is 5.75 Å². The Morgan fingerprint density at radius 3 is 2.24 bits per heavy atom. The predicted octanol–water partition coefficient (Wildman–Crippen LogP) is 4.64. The van der Waals surface area contributed by atoms with E-state index in [1.807, 2.05) is 60.8 Å². The van der Waals surface area contributed by atoms with Crippen LogP contribution in [0.15, 0.2) is 72.9 Å². The van der Waals surface area contributed by atoms with E-state index in [9.17, 15) is 9.59 Å². The molecule has 0 aliphatic carbocycles. The van der Waals surface area contributed by atoms with Gasteiger partial charge in [-0.05, 0) is 47.7 Å². The van der Waals surface area contributed by atoms with Crippen LogP contribution < -0.4 is 4.74 Å². The Morgan fingerprint density at radius 2 is 1.58 bits per heavy atom. The lowest BCUT2D eigenvalue weighted by atomic mass is 10.1. The molecule has 1 aromatic heterocycles. The Morgan fingerprint density at radius 1 is 0.842 bits per heavy atom. The number of carbonyl (C=O) groups is 2. The van der Waals surface area contributed by atoms with Crippen molar-refractivity contribution in [1.29, 1.82) is 0 Å². The van der Waals surface area contributed by atoms with E-state index in [0.29, 0.717) is 32.2 Å². The van der Waals surface area contributed by atoms with Crippen LogP contribution in [0.1, 0.15) is 37.1 Å². The molecule has 7 heteroatoms. The maximum Gasteiger partial charge on any atom is 0.242 e. The van der Waals surface area contributed by atoms with E-state index in [1.54, 1.807) is 24.0 Å². The number of methoxy groups -OCH3 is 2. The van der Waals surface area contributed by atoms with Crippen LogP contribution in [0.3, 0.4) is 0 Å². The van der Waals surface area contributed by atoms with Gasteiger partial charge in [-0.25, -0.2) is 0 Å². The smallest absolute Gasteiger partial charge is 0.242 e. The van der Waals surface area contributed by atoms with Crippen LogP contribution in [0.2, 0.25) is 0 Å². The summed E-state index contributed by atoms with van der Waals surface area (Å²) in [6.45, 7) is 6.90. The molecule has 0 saturated heterocycles. The maximum absolute atomic E-state index is 13.6. The zero-order valence-corrected chi connectivity index (χ0v) is 23.1. The minimum absolute atomic E-state index is 0.0464. The molecule has 0 unspecified atom stereocenters. The van der Waals surface area contributed by atoms with Crippen LogP contribution in [-0.4, -0.2) is 66.6 Å². The zero-order valence-electron chi connectivity index (χ0n) is 23.1. The molecule has 2 aromatic carbocycles. The lowest BCUT2D eigenvalue weighted by Gasteiger charge is -2.28. The summed E-state index contributed by atoms with van der Waals surface area (Å²) in [4.78, 5) is 30.4. The second-order valence-electron chi connectivity index (χ2n) is 9.94. The van der Waals surface area contributed by atoms with E-state index in [4.69, 9.17) is 9.47 Å². The van der Waals surface area contributed by atoms with Gasteiger partial charge in [-0.1, -0.05) is 56.3 Å². The highest BCUT2D eigenvalue weighted by molar-refractivity contribution is 5.86. The Kier molecular flexibility index (Phi) is 11.4. The Labute approximate surface area is 227 Å². The van der Waals surface area contributed by atoms with Crippen molar-refractivity contribution in [1.82, 2.24) is 14.4 Å². The molecule has 0 N–H and O–H groups in total. The normalized spacial score (nSPS) is 11.0. The molecule has 204 valence electrons. The van der Waals surface area contributed by atoms with Crippen LogP contribution in [0, 0.1) is 5.92 Å². The minimum Gasteiger partial charge on any atom is -0.497 e. The molecule has 7 nitrogen and oxygen atoms in total. The molecule has 1 heterocycles. The van der Waals surface area contributed by atoms with Gasteiger partial charge in [0.05, 0.1) is 33.2 Å². The Hall–Kier alpha value is -3.58. The van der Waals surface area contributed by atoms with Crippen LogP contribution in [0.4, 0.5) is 0 Å². The quantitative estimate of drug-likeness (QED) is 0.294. The minimum atomic E-state index is -0.0821. The molecule has 2 amide bonds. The van der Waals surface area contributed by atoms with Gasteiger partial charge >= 0.3 is 0 Å². The standard InChI is InChI=1S/C31H41N3O4/c1-25(2)16-18-33(30(35)21-26-12-14-29(38-4)15-13-26)24-31(36)34(19-20-37-3)23-28-11-8-17-32(28)22-27-9-6-5-7-10-27/h5-15,17,25H,16,18-24H2,1-4H3. The largest absolute Gasteiger partial charge is 0.497 e. The highest BCUT2D eigenvalue weighted by Crippen LogP contribution is 2.15. The molecular weight excluding hydrogens is 478 g/mol. The summed E-state index contributed by atoms with van der Waals surface area (Å²) in [6, 6.07) is 21.8. The number of ether oxygens (including phenoxy) is 2. The summed E-state index contributed by atoms with van der Waals surface area (Å²) in [5.74, 6) is 1.04. The summed E-state index contributed by atoms with van der Waals surface area (Å²) in [6.07, 6.45) is 3.11. The molecule has 0 aliphatic rings. The summed E-state index contributed by atoms with van der Waals surface area (Å²) >= 11 is 0.